The molecule has 2 heterocycles. The van der Waals surface area contributed by atoms with Gasteiger partial charge in [0.15, 0.2) is 0 Å². The molecular weight excluding hydrogens is 321 g/mol. The molecule has 2 aromatic rings. The van der Waals surface area contributed by atoms with Crippen LogP contribution in [-0.4, -0.2) is 20.7 Å². The molecular formula is C15H14FN3O5. The molecule has 1 aliphatic rings. The number of ether oxygens (including phenoxy) is 1. The van der Waals surface area contributed by atoms with E-state index in [4.69, 9.17) is 4.74 Å². The highest BCUT2D eigenvalue weighted by atomic mass is 19.1. The van der Waals surface area contributed by atoms with Gasteiger partial charge in [0.25, 0.3) is 11.2 Å². The summed E-state index contributed by atoms with van der Waals surface area (Å²) in [5.74, 6) is -1.05. The monoisotopic (exact) mass is 335 g/mol. The molecule has 1 saturated heterocycles. The standard InChI is InChI=1S/C15H14FN3O5/c16-12-9-17(13-2-1-7-24-13)15(21)18(14(12)20)8-10-3-5-11(6-4-10)19(22)23/h3-6,9,13H,1-2,7-8H2/t13-/m0/s1. The molecule has 0 unspecified atom stereocenters. The number of hydrogen-bond donors (Lipinski definition) is 0. The second-order valence-electron chi connectivity index (χ2n) is 5.45. The van der Waals surface area contributed by atoms with Crippen molar-refractivity contribution in [3.05, 3.63) is 72.8 Å². The van der Waals surface area contributed by atoms with Crippen LogP contribution in [0.25, 0.3) is 0 Å². The van der Waals surface area contributed by atoms with E-state index in [0.29, 0.717) is 18.6 Å². The first-order valence-electron chi connectivity index (χ1n) is 7.34. The fourth-order valence-electron chi connectivity index (χ4n) is 2.62. The SMILES string of the molecule is O=c1c(F)cn([C@@H]2CCCO2)c(=O)n1Cc1ccc([N+](=O)[O-])cc1. The van der Waals surface area contributed by atoms with Gasteiger partial charge in [0.05, 0.1) is 17.7 Å². The first kappa shape index (κ1) is 16.1. The molecule has 0 aliphatic carbocycles. The Morgan fingerprint density at radius 3 is 2.58 bits per heavy atom. The summed E-state index contributed by atoms with van der Waals surface area (Å²) in [6.07, 6.45) is 1.60. The molecule has 1 aliphatic heterocycles. The van der Waals surface area contributed by atoms with Crippen molar-refractivity contribution in [3.8, 4) is 0 Å². The lowest BCUT2D eigenvalue weighted by atomic mass is 10.2. The van der Waals surface area contributed by atoms with Crippen LogP contribution in [0.2, 0.25) is 0 Å². The smallest absolute Gasteiger partial charge is 0.333 e. The number of non-ortho nitro benzene ring substituents is 1. The van der Waals surface area contributed by atoms with Crippen molar-refractivity contribution in [2.45, 2.75) is 25.6 Å². The number of nitro groups is 1. The first-order valence-corrected chi connectivity index (χ1v) is 7.34. The topological polar surface area (TPSA) is 96.4 Å². The van der Waals surface area contributed by atoms with Crippen molar-refractivity contribution >= 4 is 5.69 Å². The predicted molar refractivity (Wildman–Crippen MR) is 81.3 cm³/mol. The third-order valence-electron chi connectivity index (χ3n) is 3.86. The highest BCUT2D eigenvalue weighted by molar-refractivity contribution is 5.32. The quantitative estimate of drug-likeness (QED) is 0.622. The Kier molecular flexibility index (Phi) is 4.26. The van der Waals surface area contributed by atoms with Gasteiger partial charge in [-0.2, -0.15) is 4.39 Å². The van der Waals surface area contributed by atoms with Crippen LogP contribution in [0.4, 0.5) is 10.1 Å². The third-order valence-corrected chi connectivity index (χ3v) is 3.86. The van der Waals surface area contributed by atoms with Crippen LogP contribution in [0.3, 0.4) is 0 Å². The van der Waals surface area contributed by atoms with Crippen molar-refractivity contribution in [2.24, 2.45) is 0 Å². The Labute approximate surface area is 134 Å². The molecule has 9 heteroatoms. The van der Waals surface area contributed by atoms with E-state index < -0.39 is 28.2 Å². The van der Waals surface area contributed by atoms with Crippen LogP contribution in [0.1, 0.15) is 24.6 Å². The fourth-order valence-corrected chi connectivity index (χ4v) is 2.62. The predicted octanol–water partition coefficient (Wildman–Crippen LogP) is 1.41. The Morgan fingerprint density at radius 2 is 2.00 bits per heavy atom. The summed E-state index contributed by atoms with van der Waals surface area (Å²) in [6, 6.07) is 5.37. The summed E-state index contributed by atoms with van der Waals surface area (Å²) >= 11 is 0. The van der Waals surface area contributed by atoms with E-state index in [1.807, 2.05) is 0 Å². The van der Waals surface area contributed by atoms with Gasteiger partial charge in [-0.05, 0) is 18.4 Å². The summed E-state index contributed by atoms with van der Waals surface area (Å²) in [4.78, 5) is 34.5. The fraction of sp³-hybridized carbons (Fsp3) is 0.333. The molecule has 3 rings (SSSR count). The largest absolute Gasteiger partial charge is 0.358 e. The maximum atomic E-state index is 13.9. The van der Waals surface area contributed by atoms with Gasteiger partial charge in [-0.3, -0.25) is 24.0 Å². The molecule has 126 valence electrons. The molecule has 0 bridgehead atoms. The number of benzene rings is 1. The van der Waals surface area contributed by atoms with Gasteiger partial charge in [-0.1, -0.05) is 12.1 Å². The van der Waals surface area contributed by atoms with E-state index in [-0.39, 0.29) is 12.2 Å². The van der Waals surface area contributed by atoms with Crippen molar-refractivity contribution in [2.75, 3.05) is 6.61 Å². The number of halogens is 1. The molecule has 8 nitrogen and oxygen atoms in total. The summed E-state index contributed by atoms with van der Waals surface area (Å²) in [6.45, 7) is 0.292. The number of rotatable bonds is 4. The Balaban J connectivity index is 1.99. The molecule has 1 fully saturated rings. The van der Waals surface area contributed by atoms with Crippen LogP contribution in [0.15, 0.2) is 40.1 Å². The molecule has 0 N–H and O–H groups in total. The van der Waals surface area contributed by atoms with Crippen LogP contribution < -0.4 is 11.2 Å². The van der Waals surface area contributed by atoms with Crippen LogP contribution >= 0.6 is 0 Å². The minimum atomic E-state index is -1.05. The molecule has 0 saturated carbocycles. The van der Waals surface area contributed by atoms with Crippen LogP contribution in [-0.2, 0) is 11.3 Å². The maximum absolute atomic E-state index is 13.9. The van der Waals surface area contributed by atoms with Crippen molar-refractivity contribution < 1.29 is 14.1 Å². The van der Waals surface area contributed by atoms with E-state index in [1.165, 1.54) is 24.3 Å². The van der Waals surface area contributed by atoms with Gasteiger partial charge < -0.3 is 4.74 Å². The highest BCUT2D eigenvalue weighted by Gasteiger charge is 2.22. The lowest BCUT2D eigenvalue weighted by Gasteiger charge is -2.15. The average Bonchev–Trinajstić information content (AvgIpc) is 3.09. The number of aromatic nitrogens is 2. The zero-order chi connectivity index (χ0) is 17.3. The van der Waals surface area contributed by atoms with Gasteiger partial charge in [0.2, 0.25) is 5.82 Å². The molecule has 1 aromatic carbocycles. The zero-order valence-corrected chi connectivity index (χ0v) is 12.6. The van der Waals surface area contributed by atoms with E-state index >= 15 is 0 Å². The second kappa shape index (κ2) is 6.36. The van der Waals surface area contributed by atoms with Crippen LogP contribution in [0, 0.1) is 15.9 Å². The molecule has 0 amide bonds. The Hall–Kier alpha value is -2.81. The average molecular weight is 335 g/mol. The molecule has 0 radical (unpaired) electrons. The summed E-state index contributed by atoms with van der Waals surface area (Å²) in [7, 11) is 0. The van der Waals surface area contributed by atoms with Gasteiger partial charge in [-0.25, -0.2) is 4.79 Å². The molecule has 24 heavy (non-hydrogen) atoms. The van der Waals surface area contributed by atoms with E-state index in [0.717, 1.165) is 21.8 Å². The summed E-state index contributed by atoms with van der Waals surface area (Å²) in [5.41, 5.74) is -1.34. The third kappa shape index (κ3) is 2.98. The number of nitrogens with zero attached hydrogens (tertiary/aromatic N) is 3. The Bertz CT molecular complexity index is 881. The summed E-state index contributed by atoms with van der Waals surface area (Å²) in [5, 5.41) is 10.6. The molecule has 1 atom stereocenters. The maximum Gasteiger partial charge on any atom is 0.333 e. The normalized spacial score (nSPS) is 17.1. The zero-order valence-electron chi connectivity index (χ0n) is 12.6. The van der Waals surface area contributed by atoms with E-state index in [2.05, 4.69) is 0 Å². The van der Waals surface area contributed by atoms with Crippen molar-refractivity contribution in [1.82, 2.24) is 9.13 Å². The van der Waals surface area contributed by atoms with Gasteiger partial charge in [0, 0.05) is 18.7 Å². The minimum Gasteiger partial charge on any atom is -0.358 e. The molecule has 1 aromatic heterocycles. The first-order chi connectivity index (χ1) is 11.5. The van der Waals surface area contributed by atoms with Crippen molar-refractivity contribution in [1.29, 1.82) is 0 Å². The highest BCUT2D eigenvalue weighted by Crippen LogP contribution is 2.20. The minimum absolute atomic E-state index is 0.109. The van der Waals surface area contributed by atoms with E-state index in [9.17, 15) is 24.1 Å². The van der Waals surface area contributed by atoms with Crippen LogP contribution in [0.5, 0.6) is 0 Å². The Morgan fingerprint density at radius 1 is 1.29 bits per heavy atom. The lowest BCUT2D eigenvalue weighted by molar-refractivity contribution is -0.384. The van der Waals surface area contributed by atoms with Crippen molar-refractivity contribution in [3.63, 3.8) is 0 Å². The van der Waals surface area contributed by atoms with Gasteiger partial charge >= 0.3 is 5.69 Å². The number of nitro benzene ring substituents is 1. The number of hydrogen-bond acceptors (Lipinski definition) is 5. The lowest BCUT2D eigenvalue weighted by Crippen LogP contribution is -2.42. The molecule has 0 spiro atoms. The van der Waals surface area contributed by atoms with Gasteiger partial charge in [-0.15, -0.1) is 0 Å². The second-order valence-corrected chi connectivity index (χ2v) is 5.45. The van der Waals surface area contributed by atoms with E-state index in [1.54, 1.807) is 0 Å². The van der Waals surface area contributed by atoms with Gasteiger partial charge in [0.1, 0.15) is 6.23 Å². The summed E-state index contributed by atoms with van der Waals surface area (Å²) < 4.78 is 21.1.